The van der Waals surface area contributed by atoms with Crippen LogP contribution in [0.5, 0.6) is 0 Å². The summed E-state index contributed by atoms with van der Waals surface area (Å²) in [7, 11) is 0. The van der Waals surface area contributed by atoms with Crippen molar-refractivity contribution in [3.8, 4) is 28.3 Å². The standard InChI is InChI=1S/C52H36N4/c1-2-14-39(15-3-1)55-47-20-10-8-17-41(47)45-32-37(27-29-49(45)55)36-24-23-34-26-28-42-40-16-7-11-21-48(40)56(51(42)44(34)31-36)52-53-46-19-9-6-18-43(46)50(54-52)38-25-22-33-12-4-5-13-35(33)30-38/h1-14,16-32,39,41,47H,15H2. The lowest BCUT2D eigenvalue weighted by Crippen LogP contribution is -2.40. The van der Waals surface area contributed by atoms with Gasteiger partial charge in [0, 0.05) is 38.7 Å². The fourth-order valence-electron chi connectivity index (χ4n) is 9.61. The van der Waals surface area contributed by atoms with Gasteiger partial charge in [0.1, 0.15) is 0 Å². The molecule has 0 amide bonds. The van der Waals surface area contributed by atoms with Crippen LogP contribution in [0, 0.1) is 0 Å². The summed E-state index contributed by atoms with van der Waals surface area (Å²) in [6.45, 7) is 0. The van der Waals surface area contributed by atoms with E-state index >= 15 is 0 Å². The molecule has 0 bridgehead atoms. The molecule has 264 valence electrons. The summed E-state index contributed by atoms with van der Waals surface area (Å²) in [6.07, 6.45) is 19.2. The van der Waals surface area contributed by atoms with Crippen molar-refractivity contribution in [3.05, 3.63) is 194 Å². The van der Waals surface area contributed by atoms with Crippen molar-refractivity contribution in [2.75, 3.05) is 4.90 Å². The molecule has 9 aromatic rings. The number of nitrogens with zero attached hydrogens (tertiary/aromatic N) is 4. The number of rotatable bonds is 4. The Balaban J connectivity index is 1.07. The van der Waals surface area contributed by atoms with Gasteiger partial charge in [0.2, 0.25) is 5.95 Å². The summed E-state index contributed by atoms with van der Waals surface area (Å²) in [4.78, 5) is 13.4. The number of benzene rings is 7. The van der Waals surface area contributed by atoms with Crippen molar-refractivity contribution in [2.45, 2.75) is 24.4 Å². The highest BCUT2D eigenvalue weighted by molar-refractivity contribution is 6.19. The lowest BCUT2D eigenvalue weighted by Gasteiger charge is -2.35. The third-order valence-corrected chi connectivity index (χ3v) is 12.2. The second-order valence-electron chi connectivity index (χ2n) is 15.3. The van der Waals surface area contributed by atoms with Crippen LogP contribution in [0.4, 0.5) is 5.69 Å². The summed E-state index contributed by atoms with van der Waals surface area (Å²) in [5, 5.41) is 8.19. The minimum Gasteiger partial charge on any atom is -0.357 e. The maximum atomic E-state index is 5.46. The molecule has 2 aliphatic carbocycles. The summed E-state index contributed by atoms with van der Waals surface area (Å²) in [6, 6.07) is 51.5. The maximum absolute atomic E-state index is 5.46. The van der Waals surface area contributed by atoms with Crippen molar-refractivity contribution >= 4 is 59.9 Å². The number of allylic oxidation sites excluding steroid dienone is 4. The predicted molar refractivity (Wildman–Crippen MR) is 234 cm³/mol. The molecule has 0 N–H and O–H groups in total. The highest BCUT2D eigenvalue weighted by Gasteiger charge is 2.39. The first-order valence-corrected chi connectivity index (χ1v) is 19.6. The Kier molecular flexibility index (Phi) is 6.85. The third kappa shape index (κ3) is 4.72. The molecule has 56 heavy (non-hydrogen) atoms. The molecule has 2 aromatic heterocycles. The van der Waals surface area contributed by atoms with Gasteiger partial charge >= 0.3 is 0 Å². The first-order chi connectivity index (χ1) is 27.8. The lowest BCUT2D eigenvalue weighted by atomic mass is 9.89. The van der Waals surface area contributed by atoms with Gasteiger partial charge in [-0.1, -0.05) is 152 Å². The van der Waals surface area contributed by atoms with E-state index in [4.69, 9.17) is 9.97 Å². The third-order valence-electron chi connectivity index (χ3n) is 12.2. The topological polar surface area (TPSA) is 34.0 Å². The fraction of sp³-hybridized carbons (Fsp3) is 0.0769. The molecule has 0 fully saturated rings. The van der Waals surface area contributed by atoms with E-state index in [0.29, 0.717) is 23.9 Å². The minimum atomic E-state index is 0.319. The van der Waals surface area contributed by atoms with Crippen LogP contribution in [-0.2, 0) is 0 Å². The molecule has 7 aromatic carbocycles. The zero-order chi connectivity index (χ0) is 36.7. The van der Waals surface area contributed by atoms with E-state index in [9.17, 15) is 0 Å². The molecule has 3 atom stereocenters. The van der Waals surface area contributed by atoms with Gasteiger partial charge in [-0.25, -0.2) is 9.97 Å². The van der Waals surface area contributed by atoms with Gasteiger partial charge in [0.25, 0.3) is 0 Å². The second-order valence-corrected chi connectivity index (χ2v) is 15.3. The van der Waals surface area contributed by atoms with Gasteiger partial charge < -0.3 is 4.90 Å². The van der Waals surface area contributed by atoms with Crippen LogP contribution in [0.1, 0.15) is 17.9 Å². The van der Waals surface area contributed by atoms with Gasteiger partial charge in [-0.15, -0.1) is 0 Å². The van der Waals surface area contributed by atoms with Crippen LogP contribution in [-0.4, -0.2) is 26.6 Å². The second kappa shape index (κ2) is 12.2. The van der Waals surface area contributed by atoms with E-state index < -0.39 is 0 Å². The van der Waals surface area contributed by atoms with Crippen LogP contribution in [0.3, 0.4) is 0 Å². The molecule has 0 saturated carbocycles. The van der Waals surface area contributed by atoms with Crippen molar-refractivity contribution in [1.29, 1.82) is 0 Å². The number of hydrogen-bond donors (Lipinski definition) is 0. The van der Waals surface area contributed by atoms with E-state index in [1.807, 2.05) is 0 Å². The molecule has 4 heteroatoms. The molecule has 0 radical (unpaired) electrons. The summed E-state index contributed by atoms with van der Waals surface area (Å²) in [5.41, 5.74) is 10.3. The highest BCUT2D eigenvalue weighted by Crippen LogP contribution is 2.48. The van der Waals surface area contributed by atoms with E-state index in [2.05, 4.69) is 198 Å². The van der Waals surface area contributed by atoms with Gasteiger partial charge in [-0.3, -0.25) is 4.57 Å². The molecule has 4 nitrogen and oxygen atoms in total. The van der Waals surface area contributed by atoms with Crippen LogP contribution in [0.15, 0.2) is 188 Å². The SMILES string of the molecule is C1=CCC(N2c3ccc(-c4ccc5ccc6c7ccccc7n(-c7nc(-c8ccc9ccccc9c8)c8ccccc8n7)c6c5c4)cc3C3C=CC=CC32)C=C1. The number of anilines is 1. The van der Waals surface area contributed by atoms with Crippen LogP contribution in [0.25, 0.3) is 82.6 Å². The Hall–Kier alpha value is -7.04. The van der Waals surface area contributed by atoms with Crippen molar-refractivity contribution in [1.82, 2.24) is 14.5 Å². The van der Waals surface area contributed by atoms with Crippen molar-refractivity contribution in [2.24, 2.45) is 0 Å². The van der Waals surface area contributed by atoms with Gasteiger partial charge in [-0.05, 0) is 75.7 Å². The molecular formula is C52H36N4. The zero-order valence-corrected chi connectivity index (χ0v) is 30.6. The maximum Gasteiger partial charge on any atom is 0.235 e. The molecule has 3 unspecified atom stereocenters. The Morgan fingerprint density at radius 1 is 0.518 bits per heavy atom. The summed E-state index contributed by atoms with van der Waals surface area (Å²) < 4.78 is 2.30. The molecule has 1 aliphatic heterocycles. The van der Waals surface area contributed by atoms with Crippen molar-refractivity contribution in [3.63, 3.8) is 0 Å². The van der Waals surface area contributed by atoms with Crippen LogP contribution >= 0.6 is 0 Å². The first-order valence-electron chi connectivity index (χ1n) is 19.6. The average Bonchev–Trinajstić information content (AvgIpc) is 3.79. The summed E-state index contributed by atoms with van der Waals surface area (Å²) >= 11 is 0. The molecular weight excluding hydrogens is 681 g/mol. The monoisotopic (exact) mass is 716 g/mol. The molecule has 3 heterocycles. The Morgan fingerprint density at radius 2 is 1.27 bits per heavy atom. The van der Waals surface area contributed by atoms with E-state index in [1.165, 1.54) is 54.7 Å². The zero-order valence-electron chi connectivity index (χ0n) is 30.6. The van der Waals surface area contributed by atoms with Crippen LogP contribution in [0.2, 0.25) is 0 Å². The lowest BCUT2D eigenvalue weighted by molar-refractivity contribution is 0.614. The van der Waals surface area contributed by atoms with Gasteiger partial charge in [0.15, 0.2) is 0 Å². The molecule has 3 aliphatic rings. The van der Waals surface area contributed by atoms with Gasteiger partial charge in [-0.2, -0.15) is 0 Å². The van der Waals surface area contributed by atoms with Gasteiger partial charge in [0.05, 0.1) is 34.3 Å². The Morgan fingerprint density at radius 3 is 2.20 bits per heavy atom. The average molecular weight is 717 g/mol. The molecule has 0 saturated heterocycles. The largest absolute Gasteiger partial charge is 0.357 e. The Bertz CT molecular complexity index is 3210. The van der Waals surface area contributed by atoms with E-state index in [0.717, 1.165) is 39.6 Å². The predicted octanol–water partition coefficient (Wildman–Crippen LogP) is 12.7. The Labute approximate surface area is 324 Å². The molecule has 12 rings (SSSR count). The number of para-hydroxylation sites is 2. The minimum absolute atomic E-state index is 0.319. The van der Waals surface area contributed by atoms with E-state index in [1.54, 1.807) is 0 Å². The number of fused-ring (bicyclic) bond motifs is 10. The van der Waals surface area contributed by atoms with Crippen LogP contribution < -0.4 is 4.90 Å². The normalized spacial score (nSPS) is 18.5. The number of hydrogen-bond acceptors (Lipinski definition) is 3. The fourth-order valence-corrected chi connectivity index (χ4v) is 9.61. The molecule has 0 spiro atoms. The first kappa shape index (κ1) is 31.3. The highest BCUT2D eigenvalue weighted by atomic mass is 15.2. The quantitative estimate of drug-likeness (QED) is 0.182. The summed E-state index contributed by atoms with van der Waals surface area (Å²) in [5.74, 6) is 0.995. The van der Waals surface area contributed by atoms with Crippen molar-refractivity contribution < 1.29 is 0 Å². The van der Waals surface area contributed by atoms with E-state index in [-0.39, 0.29) is 0 Å². The number of aromatic nitrogens is 3. The smallest absolute Gasteiger partial charge is 0.235 e.